The van der Waals surface area contributed by atoms with Gasteiger partial charge in [-0.05, 0) is 42.8 Å². The number of benzene rings is 1. The summed E-state index contributed by atoms with van der Waals surface area (Å²) in [4.78, 5) is 24.5. The van der Waals surface area contributed by atoms with Gasteiger partial charge in [0.05, 0.1) is 16.7 Å². The molecule has 1 amide bonds. The van der Waals surface area contributed by atoms with Gasteiger partial charge in [0.25, 0.3) is 5.91 Å². The number of carbonyl (C=O) groups excluding carboxylic acids is 1. The first kappa shape index (κ1) is 17.1. The Morgan fingerprint density at radius 2 is 2.12 bits per heavy atom. The lowest BCUT2D eigenvalue weighted by atomic mass is 10.2. The molecule has 2 heterocycles. The maximum absolute atomic E-state index is 12.6. The van der Waals surface area contributed by atoms with E-state index in [0.717, 1.165) is 11.3 Å². The van der Waals surface area contributed by atoms with Crippen molar-refractivity contribution >= 4 is 51.9 Å². The molecule has 25 heavy (non-hydrogen) atoms. The number of thiocarbonyl (C=S) groups is 1. The van der Waals surface area contributed by atoms with Gasteiger partial charge >= 0.3 is 5.88 Å². The first-order valence-corrected chi connectivity index (χ1v) is 8.44. The molecule has 0 radical (unpaired) electrons. The maximum Gasteiger partial charge on any atom is 0.433 e. The van der Waals surface area contributed by atoms with Crippen molar-refractivity contribution in [3.63, 3.8) is 0 Å². The topological polar surface area (TPSA) is 76.6 Å². The Kier molecular flexibility index (Phi) is 4.82. The molecule has 0 bridgehead atoms. The van der Waals surface area contributed by atoms with Crippen LogP contribution in [-0.4, -0.2) is 15.2 Å². The average molecular weight is 372 g/mol. The molecule has 0 aliphatic carbocycles. The molecule has 6 nitrogen and oxygen atoms in total. The van der Waals surface area contributed by atoms with Crippen molar-refractivity contribution in [2.45, 2.75) is 6.92 Å². The Morgan fingerprint density at radius 3 is 2.80 bits per heavy atom. The van der Waals surface area contributed by atoms with Gasteiger partial charge in [-0.15, -0.1) is 0 Å². The van der Waals surface area contributed by atoms with Crippen molar-refractivity contribution < 1.29 is 14.1 Å². The number of anilines is 1. The van der Waals surface area contributed by atoms with Crippen LogP contribution >= 0.6 is 24.0 Å². The highest BCUT2D eigenvalue weighted by molar-refractivity contribution is 8.27. The number of furan rings is 1. The summed E-state index contributed by atoms with van der Waals surface area (Å²) in [6.07, 6.45) is 4.76. The van der Waals surface area contributed by atoms with Gasteiger partial charge in [0, 0.05) is 0 Å². The molecule has 1 fully saturated rings. The zero-order chi connectivity index (χ0) is 18.0. The second-order valence-corrected chi connectivity index (χ2v) is 6.85. The van der Waals surface area contributed by atoms with Crippen LogP contribution in [0.2, 0.25) is 0 Å². The van der Waals surface area contributed by atoms with E-state index in [1.807, 2.05) is 31.2 Å². The minimum atomic E-state index is -0.607. The molecule has 1 aromatic heterocycles. The molecule has 1 saturated heterocycles. The molecule has 3 rings (SSSR count). The molecule has 0 spiro atoms. The molecule has 126 valence electrons. The lowest BCUT2D eigenvalue weighted by Crippen LogP contribution is -2.27. The lowest BCUT2D eigenvalue weighted by molar-refractivity contribution is -0.402. The number of rotatable bonds is 4. The van der Waals surface area contributed by atoms with E-state index in [1.165, 1.54) is 28.8 Å². The number of amides is 1. The van der Waals surface area contributed by atoms with Crippen LogP contribution < -0.4 is 4.90 Å². The van der Waals surface area contributed by atoms with Gasteiger partial charge in [0.1, 0.15) is 10.7 Å². The summed E-state index contributed by atoms with van der Waals surface area (Å²) in [5, 5.41) is 10.6. The fourth-order valence-corrected chi connectivity index (χ4v) is 3.48. The van der Waals surface area contributed by atoms with E-state index in [-0.39, 0.29) is 11.8 Å². The summed E-state index contributed by atoms with van der Waals surface area (Å²) in [7, 11) is 0. The number of nitrogens with zero attached hydrogens (tertiary/aromatic N) is 2. The predicted octanol–water partition coefficient (Wildman–Crippen LogP) is 4.46. The number of hydrogen-bond acceptors (Lipinski definition) is 6. The van der Waals surface area contributed by atoms with Crippen molar-refractivity contribution in [2.75, 3.05) is 4.90 Å². The fourth-order valence-electron chi connectivity index (χ4n) is 2.23. The second kappa shape index (κ2) is 7.04. The summed E-state index contributed by atoms with van der Waals surface area (Å²) < 4.78 is 5.48. The Balaban J connectivity index is 1.78. The number of carbonyl (C=O) groups is 1. The van der Waals surface area contributed by atoms with Gasteiger partial charge in [-0.3, -0.25) is 19.8 Å². The number of aryl methyl sites for hydroxylation is 1. The molecule has 1 aromatic carbocycles. The van der Waals surface area contributed by atoms with Gasteiger partial charge in [0.2, 0.25) is 0 Å². The van der Waals surface area contributed by atoms with E-state index >= 15 is 0 Å². The Labute approximate surface area is 153 Å². The van der Waals surface area contributed by atoms with Crippen molar-refractivity contribution in [1.82, 2.24) is 0 Å². The molecule has 0 unspecified atom stereocenters. The Hall–Kier alpha value is -2.71. The molecule has 0 atom stereocenters. The Bertz CT molecular complexity index is 930. The molecule has 8 heteroatoms. The molecular formula is C17H12N2O4S2. The van der Waals surface area contributed by atoms with Crippen LogP contribution in [0, 0.1) is 17.0 Å². The third-order valence-electron chi connectivity index (χ3n) is 3.35. The van der Waals surface area contributed by atoms with Crippen LogP contribution in [0.5, 0.6) is 0 Å². The first-order chi connectivity index (χ1) is 12.0. The highest BCUT2D eigenvalue weighted by Crippen LogP contribution is 2.35. The van der Waals surface area contributed by atoms with E-state index in [0.29, 0.717) is 15.0 Å². The molecule has 0 saturated carbocycles. The number of thioether (sulfide) groups is 1. The van der Waals surface area contributed by atoms with Crippen LogP contribution in [0.3, 0.4) is 0 Å². The van der Waals surface area contributed by atoms with Crippen LogP contribution in [0.1, 0.15) is 11.3 Å². The standard InChI is InChI=1S/C17H12N2O4S2/c1-11-4-2-5-12(10-11)18-16(20)14(25-17(18)24)7-3-6-13-8-9-15(23-13)19(21)22/h2-10H,1H3/b6-3+,14-7+. The molecule has 2 aromatic rings. The van der Waals surface area contributed by atoms with Crippen molar-refractivity contribution in [3.05, 3.63) is 74.9 Å². The summed E-state index contributed by atoms with van der Waals surface area (Å²) >= 11 is 6.51. The smallest absolute Gasteiger partial charge is 0.401 e. The average Bonchev–Trinajstić information content (AvgIpc) is 3.13. The monoisotopic (exact) mass is 372 g/mol. The fraction of sp³-hybridized carbons (Fsp3) is 0.0588. The minimum absolute atomic E-state index is 0.198. The van der Waals surface area contributed by atoms with Crippen LogP contribution in [0.25, 0.3) is 6.08 Å². The van der Waals surface area contributed by atoms with Crippen molar-refractivity contribution in [1.29, 1.82) is 0 Å². The highest BCUT2D eigenvalue weighted by atomic mass is 32.2. The molecular weight excluding hydrogens is 360 g/mol. The van der Waals surface area contributed by atoms with E-state index < -0.39 is 4.92 Å². The van der Waals surface area contributed by atoms with E-state index in [2.05, 4.69) is 0 Å². The van der Waals surface area contributed by atoms with E-state index in [4.69, 9.17) is 16.6 Å². The van der Waals surface area contributed by atoms with Gasteiger partial charge in [-0.25, -0.2) is 0 Å². The zero-order valence-electron chi connectivity index (χ0n) is 13.0. The lowest BCUT2D eigenvalue weighted by Gasteiger charge is -2.14. The quantitative estimate of drug-likeness (QED) is 0.341. The van der Waals surface area contributed by atoms with Gasteiger partial charge < -0.3 is 4.42 Å². The van der Waals surface area contributed by atoms with Crippen LogP contribution in [-0.2, 0) is 4.79 Å². The minimum Gasteiger partial charge on any atom is -0.401 e. The summed E-state index contributed by atoms with van der Waals surface area (Å²) in [6.45, 7) is 1.95. The largest absolute Gasteiger partial charge is 0.433 e. The Morgan fingerprint density at radius 1 is 1.32 bits per heavy atom. The predicted molar refractivity (Wildman–Crippen MR) is 101 cm³/mol. The highest BCUT2D eigenvalue weighted by Gasteiger charge is 2.32. The normalized spacial score (nSPS) is 16.4. The molecule has 1 aliphatic heterocycles. The van der Waals surface area contributed by atoms with Crippen LogP contribution in [0.4, 0.5) is 11.6 Å². The number of nitro groups is 1. The summed E-state index contributed by atoms with van der Waals surface area (Å²) in [6, 6.07) is 10.3. The van der Waals surface area contributed by atoms with Gasteiger partial charge in [0.15, 0.2) is 4.32 Å². The SMILES string of the molecule is Cc1cccc(N2C(=O)/C(=C\C=C\c3ccc([N+](=O)[O-])o3)SC2=S)c1. The summed E-state index contributed by atoms with van der Waals surface area (Å²) in [5.41, 5.74) is 1.77. The number of hydrogen-bond donors (Lipinski definition) is 0. The van der Waals surface area contributed by atoms with Crippen molar-refractivity contribution in [2.24, 2.45) is 0 Å². The summed E-state index contributed by atoms with van der Waals surface area (Å²) in [5.74, 6) is -0.196. The van der Waals surface area contributed by atoms with Gasteiger partial charge in [-0.1, -0.05) is 42.2 Å². The zero-order valence-corrected chi connectivity index (χ0v) is 14.7. The molecule has 1 aliphatic rings. The van der Waals surface area contributed by atoms with Crippen molar-refractivity contribution in [3.8, 4) is 0 Å². The van der Waals surface area contributed by atoms with E-state index in [9.17, 15) is 14.9 Å². The van der Waals surface area contributed by atoms with Gasteiger partial charge in [-0.2, -0.15) is 0 Å². The second-order valence-electron chi connectivity index (χ2n) is 5.17. The maximum atomic E-state index is 12.6. The third-order valence-corrected chi connectivity index (χ3v) is 4.67. The third kappa shape index (κ3) is 3.70. The number of allylic oxidation sites excluding steroid dienone is 2. The van der Waals surface area contributed by atoms with Crippen LogP contribution in [0.15, 0.2) is 57.9 Å². The first-order valence-electron chi connectivity index (χ1n) is 7.21. The van der Waals surface area contributed by atoms with E-state index in [1.54, 1.807) is 18.2 Å². The molecule has 0 N–H and O–H groups in total.